The van der Waals surface area contributed by atoms with Crippen molar-refractivity contribution >= 4 is 32.7 Å². The number of benzene rings is 1. The molecule has 0 radical (unpaired) electrons. The fraction of sp³-hybridized carbons (Fsp3) is 0.182. The standard InChI is InChI=1S/C11H11BrN2O/c1-6-3-7-5-9(11(15)13-2)14-10(7)8(12)4-6/h3-5,14H,1-2H3,(H,13,15). The van der Waals surface area contributed by atoms with Gasteiger partial charge < -0.3 is 10.3 Å². The second-order valence-electron chi connectivity index (χ2n) is 3.47. The first-order valence-corrected chi connectivity index (χ1v) is 5.42. The Kier molecular flexibility index (Phi) is 2.52. The highest BCUT2D eigenvalue weighted by Gasteiger charge is 2.09. The third-order valence-corrected chi connectivity index (χ3v) is 2.92. The van der Waals surface area contributed by atoms with Crippen LogP contribution in [0.1, 0.15) is 16.1 Å². The molecule has 0 spiro atoms. The Bertz CT molecular complexity index is 531. The maximum Gasteiger partial charge on any atom is 0.267 e. The molecule has 0 aliphatic rings. The SMILES string of the molecule is CNC(=O)c1cc2cc(C)cc(Br)c2[nH]1. The average molecular weight is 267 g/mol. The Hall–Kier alpha value is -1.29. The van der Waals surface area contributed by atoms with Crippen molar-refractivity contribution in [2.24, 2.45) is 0 Å². The van der Waals surface area contributed by atoms with Crippen molar-refractivity contribution in [1.29, 1.82) is 0 Å². The number of nitrogens with one attached hydrogen (secondary N) is 2. The van der Waals surface area contributed by atoms with Crippen molar-refractivity contribution in [3.63, 3.8) is 0 Å². The minimum absolute atomic E-state index is 0.101. The molecule has 2 aromatic rings. The summed E-state index contributed by atoms with van der Waals surface area (Å²) in [6.45, 7) is 2.02. The van der Waals surface area contributed by atoms with E-state index in [9.17, 15) is 4.79 Å². The third kappa shape index (κ3) is 1.77. The van der Waals surface area contributed by atoms with E-state index in [2.05, 4.69) is 26.2 Å². The lowest BCUT2D eigenvalue weighted by Crippen LogP contribution is -2.17. The topological polar surface area (TPSA) is 44.9 Å². The number of carbonyl (C=O) groups excluding carboxylic acids is 1. The van der Waals surface area contributed by atoms with Crippen LogP contribution in [-0.2, 0) is 0 Å². The fourth-order valence-corrected chi connectivity index (χ4v) is 2.29. The molecule has 0 atom stereocenters. The van der Waals surface area contributed by atoms with E-state index in [1.165, 1.54) is 0 Å². The molecule has 4 heteroatoms. The number of amides is 1. The molecule has 0 unspecified atom stereocenters. The molecule has 2 rings (SSSR count). The zero-order valence-electron chi connectivity index (χ0n) is 8.52. The van der Waals surface area contributed by atoms with E-state index in [1.807, 2.05) is 25.1 Å². The van der Waals surface area contributed by atoms with Crippen LogP contribution in [-0.4, -0.2) is 17.9 Å². The number of hydrogen-bond donors (Lipinski definition) is 2. The van der Waals surface area contributed by atoms with Crippen molar-refractivity contribution < 1.29 is 4.79 Å². The van der Waals surface area contributed by atoms with E-state index < -0.39 is 0 Å². The van der Waals surface area contributed by atoms with Crippen LogP contribution in [0.2, 0.25) is 0 Å². The van der Waals surface area contributed by atoms with Crippen LogP contribution >= 0.6 is 15.9 Å². The van der Waals surface area contributed by atoms with Crippen molar-refractivity contribution in [1.82, 2.24) is 10.3 Å². The average Bonchev–Trinajstić information content (AvgIpc) is 2.60. The van der Waals surface area contributed by atoms with Gasteiger partial charge in [0.15, 0.2) is 0 Å². The molecule has 78 valence electrons. The van der Waals surface area contributed by atoms with E-state index in [-0.39, 0.29) is 5.91 Å². The minimum Gasteiger partial charge on any atom is -0.354 e. The summed E-state index contributed by atoms with van der Waals surface area (Å²) in [5.41, 5.74) is 2.70. The number of aromatic amines is 1. The number of rotatable bonds is 1. The summed E-state index contributed by atoms with van der Waals surface area (Å²) in [6.07, 6.45) is 0. The maximum absolute atomic E-state index is 11.4. The highest BCUT2D eigenvalue weighted by molar-refractivity contribution is 9.10. The molecule has 0 saturated heterocycles. The first-order chi connectivity index (χ1) is 7.11. The zero-order valence-corrected chi connectivity index (χ0v) is 10.1. The lowest BCUT2D eigenvalue weighted by Gasteiger charge is -1.96. The van der Waals surface area contributed by atoms with Gasteiger partial charge in [-0.05, 0) is 46.6 Å². The van der Waals surface area contributed by atoms with Gasteiger partial charge in [0.25, 0.3) is 5.91 Å². The van der Waals surface area contributed by atoms with Gasteiger partial charge in [0, 0.05) is 16.9 Å². The monoisotopic (exact) mass is 266 g/mol. The molecule has 0 bridgehead atoms. The van der Waals surface area contributed by atoms with Crippen LogP contribution in [0.4, 0.5) is 0 Å². The molecule has 0 saturated carbocycles. The molecular formula is C11H11BrN2O. The van der Waals surface area contributed by atoms with E-state index in [0.29, 0.717) is 5.69 Å². The predicted molar refractivity (Wildman–Crippen MR) is 64.1 cm³/mol. The van der Waals surface area contributed by atoms with Crippen molar-refractivity contribution in [3.05, 3.63) is 33.9 Å². The molecular weight excluding hydrogens is 256 g/mol. The molecule has 0 aliphatic heterocycles. The Morgan fingerprint density at radius 1 is 1.40 bits per heavy atom. The third-order valence-electron chi connectivity index (χ3n) is 2.30. The Balaban J connectivity index is 2.65. The van der Waals surface area contributed by atoms with Crippen LogP contribution in [0.3, 0.4) is 0 Å². The first-order valence-electron chi connectivity index (χ1n) is 4.63. The van der Waals surface area contributed by atoms with Gasteiger partial charge >= 0.3 is 0 Å². The second kappa shape index (κ2) is 3.70. The highest BCUT2D eigenvalue weighted by atomic mass is 79.9. The minimum atomic E-state index is -0.101. The number of aryl methyl sites for hydroxylation is 1. The van der Waals surface area contributed by atoms with E-state index in [4.69, 9.17) is 0 Å². The number of carbonyl (C=O) groups is 1. The smallest absolute Gasteiger partial charge is 0.267 e. The number of hydrogen-bond acceptors (Lipinski definition) is 1. The van der Waals surface area contributed by atoms with Crippen LogP contribution in [0.25, 0.3) is 10.9 Å². The Morgan fingerprint density at radius 2 is 2.13 bits per heavy atom. The Morgan fingerprint density at radius 3 is 2.80 bits per heavy atom. The molecule has 0 fully saturated rings. The summed E-state index contributed by atoms with van der Waals surface area (Å²) in [5, 5.41) is 3.63. The zero-order chi connectivity index (χ0) is 11.0. The number of H-pyrrole nitrogens is 1. The number of aromatic nitrogens is 1. The van der Waals surface area contributed by atoms with Gasteiger partial charge in [0.05, 0.1) is 5.52 Å². The molecule has 1 heterocycles. The highest BCUT2D eigenvalue weighted by Crippen LogP contribution is 2.25. The molecule has 0 aliphatic carbocycles. The van der Waals surface area contributed by atoms with Crippen molar-refractivity contribution in [2.45, 2.75) is 6.92 Å². The number of halogens is 1. The summed E-state index contributed by atoms with van der Waals surface area (Å²) in [6, 6.07) is 5.92. The first kappa shape index (κ1) is 10.2. The molecule has 1 amide bonds. The summed E-state index contributed by atoms with van der Waals surface area (Å²) in [4.78, 5) is 14.5. The van der Waals surface area contributed by atoms with E-state index >= 15 is 0 Å². The van der Waals surface area contributed by atoms with Gasteiger partial charge in [-0.15, -0.1) is 0 Å². The van der Waals surface area contributed by atoms with Crippen LogP contribution < -0.4 is 5.32 Å². The van der Waals surface area contributed by atoms with Gasteiger partial charge in [0.1, 0.15) is 5.69 Å². The molecule has 15 heavy (non-hydrogen) atoms. The van der Waals surface area contributed by atoms with Crippen LogP contribution in [0.15, 0.2) is 22.7 Å². The molecule has 1 aromatic carbocycles. The lowest BCUT2D eigenvalue weighted by molar-refractivity contribution is 0.0959. The second-order valence-corrected chi connectivity index (χ2v) is 4.33. The number of fused-ring (bicyclic) bond motifs is 1. The lowest BCUT2D eigenvalue weighted by atomic mass is 10.2. The van der Waals surface area contributed by atoms with Gasteiger partial charge in [-0.1, -0.05) is 0 Å². The summed E-state index contributed by atoms with van der Waals surface area (Å²) >= 11 is 3.47. The Labute approximate surface area is 96.0 Å². The van der Waals surface area contributed by atoms with Crippen molar-refractivity contribution in [3.8, 4) is 0 Å². The quantitative estimate of drug-likeness (QED) is 0.819. The molecule has 2 N–H and O–H groups in total. The fourth-order valence-electron chi connectivity index (χ4n) is 1.60. The van der Waals surface area contributed by atoms with Crippen LogP contribution in [0, 0.1) is 6.92 Å². The van der Waals surface area contributed by atoms with Crippen LogP contribution in [0.5, 0.6) is 0 Å². The van der Waals surface area contributed by atoms with Gasteiger partial charge in [-0.25, -0.2) is 0 Å². The molecule has 3 nitrogen and oxygen atoms in total. The molecule has 1 aromatic heterocycles. The summed E-state index contributed by atoms with van der Waals surface area (Å²) in [5.74, 6) is -0.101. The van der Waals surface area contributed by atoms with Gasteiger partial charge in [0.2, 0.25) is 0 Å². The predicted octanol–water partition coefficient (Wildman–Crippen LogP) is 2.60. The van der Waals surface area contributed by atoms with E-state index in [1.54, 1.807) is 7.05 Å². The van der Waals surface area contributed by atoms with Gasteiger partial charge in [-0.3, -0.25) is 4.79 Å². The maximum atomic E-state index is 11.4. The van der Waals surface area contributed by atoms with E-state index in [0.717, 1.165) is 20.9 Å². The largest absolute Gasteiger partial charge is 0.354 e. The summed E-state index contributed by atoms with van der Waals surface area (Å²) in [7, 11) is 1.62. The van der Waals surface area contributed by atoms with Crippen molar-refractivity contribution in [2.75, 3.05) is 7.05 Å². The summed E-state index contributed by atoms with van der Waals surface area (Å²) < 4.78 is 0.979. The normalized spacial score (nSPS) is 10.6. The van der Waals surface area contributed by atoms with Gasteiger partial charge in [-0.2, -0.15) is 0 Å².